The predicted octanol–water partition coefficient (Wildman–Crippen LogP) is 6.37. The number of halogens is 2. The van der Waals surface area contributed by atoms with Gasteiger partial charge in [-0.2, -0.15) is 0 Å². The smallest absolute Gasteiger partial charge is 0.322 e. The van der Waals surface area contributed by atoms with Crippen LogP contribution in [0.4, 0.5) is 10.5 Å². The number of carbonyl (C=O) groups is 1. The van der Waals surface area contributed by atoms with Gasteiger partial charge in [0.1, 0.15) is 0 Å². The molecule has 0 aliphatic heterocycles. The molecule has 3 rings (SSSR count). The minimum absolute atomic E-state index is 0.230. The summed E-state index contributed by atoms with van der Waals surface area (Å²) in [6, 6.07) is 17.2. The van der Waals surface area contributed by atoms with Crippen LogP contribution in [0.15, 0.2) is 73.4 Å². The van der Waals surface area contributed by atoms with Gasteiger partial charge in [0.2, 0.25) is 0 Å². The number of hydrogen-bond acceptors (Lipinski definition) is 1. The SMILES string of the molecule is C=CCN(Cc1cccn1Cc1cccc(C)c1)C(=O)Nc1ccc(Cl)c(Cl)c1. The standard InChI is InChI=1S/C23H23Cl2N3O/c1-3-11-28(23(29)26-19-9-10-21(24)22(25)14-19)16-20-8-5-12-27(20)15-18-7-4-6-17(2)13-18/h3-10,12-14H,1,11,15-16H2,2H3,(H,26,29). The minimum Gasteiger partial charge on any atom is -0.345 e. The fourth-order valence-corrected chi connectivity index (χ4v) is 3.40. The molecule has 0 aliphatic rings. The normalized spacial score (nSPS) is 10.6. The van der Waals surface area contributed by atoms with Gasteiger partial charge in [0.25, 0.3) is 0 Å². The molecule has 1 heterocycles. The number of aromatic nitrogens is 1. The van der Waals surface area contributed by atoms with Gasteiger partial charge in [-0.25, -0.2) is 4.79 Å². The Kier molecular flexibility index (Phi) is 7.02. The van der Waals surface area contributed by atoms with Crippen molar-refractivity contribution in [2.45, 2.75) is 20.0 Å². The zero-order valence-electron chi connectivity index (χ0n) is 16.2. The Morgan fingerprint density at radius 3 is 2.69 bits per heavy atom. The van der Waals surface area contributed by atoms with Gasteiger partial charge >= 0.3 is 6.03 Å². The highest BCUT2D eigenvalue weighted by atomic mass is 35.5. The first kappa shape index (κ1) is 21.0. The van der Waals surface area contributed by atoms with Crippen LogP contribution in [0.3, 0.4) is 0 Å². The third-order valence-corrected chi connectivity index (χ3v) is 5.26. The van der Waals surface area contributed by atoms with Crippen LogP contribution in [0.25, 0.3) is 0 Å². The van der Waals surface area contributed by atoms with Crippen LogP contribution in [0.1, 0.15) is 16.8 Å². The van der Waals surface area contributed by atoms with E-state index in [1.807, 2.05) is 18.3 Å². The zero-order valence-corrected chi connectivity index (χ0v) is 17.7. The first-order chi connectivity index (χ1) is 14.0. The maximum Gasteiger partial charge on any atom is 0.322 e. The molecule has 2 amide bonds. The zero-order chi connectivity index (χ0) is 20.8. The van der Waals surface area contributed by atoms with Gasteiger partial charge in [-0.1, -0.05) is 59.1 Å². The summed E-state index contributed by atoms with van der Waals surface area (Å²) >= 11 is 12.0. The molecular weight excluding hydrogens is 405 g/mol. The molecule has 150 valence electrons. The van der Waals surface area contributed by atoms with Gasteiger partial charge in [-0.15, -0.1) is 6.58 Å². The number of aryl methyl sites for hydroxylation is 1. The highest BCUT2D eigenvalue weighted by molar-refractivity contribution is 6.42. The third-order valence-electron chi connectivity index (χ3n) is 4.52. The van der Waals surface area contributed by atoms with Crippen LogP contribution < -0.4 is 5.32 Å². The Labute approximate surface area is 181 Å². The molecule has 29 heavy (non-hydrogen) atoms. The molecule has 0 radical (unpaired) electrons. The maximum atomic E-state index is 12.8. The summed E-state index contributed by atoms with van der Waals surface area (Å²) in [4.78, 5) is 14.5. The van der Waals surface area contributed by atoms with Crippen molar-refractivity contribution in [3.8, 4) is 0 Å². The van der Waals surface area contributed by atoms with E-state index in [9.17, 15) is 4.79 Å². The van der Waals surface area contributed by atoms with Crippen LogP contribution in [-0.2, 0) is 13.1 Å². The number of nitrogens with zero attached hydrogens (tertiary/aromatic N) is 2. The van der Waals surface area contributed by atoms with Gasteiger partial charge in [-0.3, -0.25) is 0 Å². The van der Waals surface area contributed by atoms with E-state index in [2.05, 4.69) is 47.7 Å². The predicted molar refractivity (Wildman–Crippen MR) is 121 cm³/mol. The average Bonchev–Trinajstić information content (AvgIpc) is 3.11. The van der Waals surface area contributed by atoms with Crippen molar-refractivity contribution in [2.75, 3.05) is 11.9 Å². The molecule has 0 unspecified atom stereocenters. The number of urea groups is 1. The van der Waals surface area contributed by atoms with Gasteiger partial charge < -0.3 is 14.8 Å². The van der Waals surface area contributed by atoms with Gasteiger partial charge in [0.05, 0.1) is 16.6 Å². The molecule has 0 atom stereocenters. The summed E-state index contributed by atoms with van der Waals surface area (Å²) in [5, 5.41) is 3.71. The Morgan fingerprint density at radius 1 is 1.14 bits per heavy atom. The molecule has 1 aromatic heterocycles. The van der Waals surface area contributed by atoms with E-state index in [0.29, 0.717) is 28.8 Å². The van der Waals surface area contributed by atoms with Crippen LogP contribution in [0.5, 0.6) is 0 Å². The Morgan fingerprint density at radius 2 is 1.97 bits per heavy atom. The van der Waals surface area contributed by atoms with E-state index < -0.39 is 0 Å². The second-order valence-corrected chi connectivity index (χ2v) is 7.66. The summed E-state index contributed by atoms with van der Waals surface area (Å²) < 4.78 is 2.15. The minimum atomic E-state index is -0.230. The van der Waals surface area contributed by atoms with Crippen molar-refractivity contribution in [2.24, 2.45) is 0 Å². The topological polar surface area (TPSA) is 37.3 Å². The molecule has 0 saturated carbocycles. The summed E-state index contributed by atoms with van der Waals surface area (Å²) in [5.74, 6) is 0. The highest BCUT2D eigenvalue weighted by Gasteiger charge is 2.15. The van der Waals surface area contributed by atoms with E-state index in [1.165, 1.54) is 11.1 Å². The molecule has 0 fully saturated rings. The Bertz CT molecular complexity index is 1010. The van der Waals surface area contributed by atoms with E-state index in [0.717, 1.165) is 12.2 Å². The molecule has 0 bridgehead atoms. The fourth-order valence-electron chi connectivity index (χ4n) is 3.10. The first-order valence-corrected chi connectivity index (χ1v) is 10.0. The van der Waals surface area contributed by atoms with Crippen LogP contribution in [0.2, 0.25) is 10.0 Å². The fraction of sp³-hybridized carbons (Fsp3) is 0.174. The number of nitrogens with one attached hydrogen (secondary N) is 1. The number of hydrogen-bond donors (Lipinski definition) is 1. The molecule has 1 N–H and O–H groups in total. The lowest BCUT2D eigenvalue weighted by atomic mass is 10.1. The summed E-state index contributed by atoms with van der Waals surface area (Å²) in [5.41, 5.74) is 4.08. The van der Waals surface area contributed by atoms with Crippen molar-refractivity contribution in [3.05, 3.63) is 100 Å². The van der Waals surface area contributed by atoms with Crippen LogP contribution in [0, 0.1) is 6.92 Å². The lowest BCUT2D eigenvalue weighted by molar-refractivity contribution is 0.214. The maximum absolute atomic E-state index is 12.8. The third kappa shape index (κ3) is 5.66. The number of amides is 2. The second-order valence-electron chi connectivity index (χ2n) is 6.84. The summed E-state index contributed by atoms with van der Waals surface area (Å²) in [7, 11) is 0. The molecular formula is C23H23Cl2N3O. The number of rotatable bonds is 7. The largest absolute Gasteiger partial charge is 0.345 e. The van der Waals surface area contributed by atoms with E-state index >= 15 is 0 Å². The van der Waals surface area contributed by atoms with Crippen LogP contribution >= 0.6 is 23.2 Å². The molecule has 6 heteroatoms. The summed E-state index contributed by atoms with van der Waals surface area (Å²) in [6.45, 7) is 7.49. The number of benzene rings is 2. The van der Waals surface area contributed by atoms with Crippen molar-refractivity contribution in [1.29, 1.82) is 0 Å². The molecule has 0 spiro atoms. The van der Waals surface area contributed by atoms with Crippen LogP contribution in [-0.4, -0.2) is 22.0 Å². The van der Waals surface area contributed by atoms with Gasteiger partial charge in [-0.05, 0) is 42.8 Å². The lowest BCUT2D eigenvalue weighted by Crippen LogP contribution is -2.35. The molecule has 4 nitrogen and oxygen atoms in total. The Balaban J connectivity index is 1.73. The number of anilines is 1. The van der Waals surface area contributed by atoms with Gasteiger partial charge in [0.15, 0.2) is 0 Å². The molecule has 2 aromatic carbocycles. The quantitative estimate of drug-likeness (QED) is 0.436. The van der Waals surface area contributed by atoms with E-state index in [-0.39, 0.29) is 6.03 Å². The average molecular weight is 428 g/mol. The van der Waals surface area contributed by atoms with E-state index in [4.69, 9.17) is 23.2 Å². The highest BCUT2D eigenvalue weighted by Crippen LogP contribution is 2.25. The Hall–Kier alpha value is -2.69. The van der Waals surface area contributed by atoms with Crippen molar-refractivity contribution >= 4 is 34.9 Å². The molecule has 0 saturated heterocycles. The number of carbonyl (C=O) groups excluding carboxylic acids is 1. The van der Waals surface area contributed by atoms with Gasteiger partial charge in [0, 0.05) is 30.7 Å². The van der Waals surface area contributed by atoms with E-state index in [1.54, 1.807) is 29.2 Å². The monoisotopic (exact) mass is 427 g/mol. The second kappa shape index (κ2) is 9.68. The molecule has 0 aliphatic carbocycles. The first-order valence-electron chi connectivity index (χ1n) is 9.27. The van der Waals surface area contributed by atoms with Crippen molar-refractivity contribution in [1.82, 2.24) is 9.47 Å². The summed E-state index contributed by atoms with van der Waals surface area (Å²) in [6.07, 6.45) is 3.74. The van der Waals surface area contributed by atoms with Crippen molar-refractivity contribution in [3.63, 3.8) is 0 Å². The van der Waals surface area contributed by atoms with Crippen molar-refractivity contribution < 1.29 is 4.79 Å². The molecule has 3 aromatic rings. The lowest BCUT2D eigenvalue weighted by Gasteiger charge is -2.23.